The number of carboxylic acid groups (broad SMARTS) is 1. The SMILES string of the molecule is Cc1ccc(Sc2nccn2C)cc1C(=O)O. The second kappa shape index (κ2) is 4.63. The van der Waals surface area contributed by atoms with E-state index in [0.717, 1.165) is 15.6 Å². The van der Waals surface area contributed by atoms with E-state index in [1.165, 1.54) is 11.8 Å². The van der Waals surface area contributed by atoms with E-state index in [4.69, 9.17) is 5.11 Å². The fourth-order valence-corrected chi connectivity index (χ4v) is 2.29. The molecule has 1 aromatic carbocycles. The van der Waals surface area contributed by atoms with Crippen molar-refractivity contribution < 1.29 is 9.90 Å². The van der Waals surface area contributed by atoms with Crippen LogP contribution in [-0.2, 0) is 7.05 Å². The van der Waals surface area contributed by atoms with E-state index in [0.29, 0.717) is 5.56 Å². The van der Waals surface area contributed by atoms with Crippen LogP contribution in [-0.4, -0.2) is 20.6 Å². The quantitative estimate of drug-likeness (QED) is 0.907. The minimum atomic E-state index is -0.898. The second-order valence-electron chi connectivity index (χ2n) is 3.70. The zero-order valence-electron chi connectivity index (χ0n) is 9.54. The van der Waals surface area contributed by atoms with Crippen molar-refractivity contribution in [3.63, 3.8) is 0 Å². The summed E-state index contributed by atoms with van der Waals surface area (Å²) in [5.41, 5.74) is 1.10. The highest BCUT2D eigenvalue weighted by molar-refractivity contribution is 7.99. The minimum Gasteiger partial charge on any atom is -0.478 e. The molecule has 0 unspecified atom stereocenters. The van der Waals surface area contributed by atoms with Gasteiger partial charge in [-0.05, 0) is 24.6 Å². The molecule has 17 heavy (non-hydrogen) atoms. The van der Waals surface area contributed by atoms with E-state index in [-0.39, 0.29) is 0 Å². The summed E-state index contributed by atoms with van der Waals surface area (Å²) in [7, 11) is 1.90. The van der Waals surface area contributed by atoms with E-state index >= 15 is 0 Å². The Kier molecular flexibility index (Phi) is 3.19. The predicted octanol–water partition coefficient (Wildman–Crippen LogP) is 2.58. The number of aromatic carboxylic acids is 1. The Morgan fingerprint density at radius 3 is 2.82 bits per heavy atom. The molecule has 88 valence electrons. The first-order valence-corrected chi connectivity index (χ1v) is 5.88. The topological polar surface area (TPSA) is 55.1 Å². The smallest absolute Gasteiger partial charge is 0.335 e. The lowest BCUT2D eigenvalue weighted by molar-refractivity contribution is 0.0696. The van der Waals surface area contributed by atoms with Crippen LogP contribution < -0.4 is 0 Å². The maximum Gasteiger partial charge on any atom is 0.335 e. The first-order chi connectivity index (χ1) is 8.08. The number of imidazole rings is 1. The van der Waals surface area contributed by atoms with Gasteiger partial charge in [0.05, 0.1) is 5.56 Å². The van der Waals surface area contributed by atoms with Crippen molar-refractivity contribution in [2.45, 2.75) is 17.0 Å². The summed E-state index contributed by atoms with van der Waals surface area (Å²) in [5.74, 6) is -0.898. The average Bonchev–Trinajstić information content (AvgIpc) is 2.67. The predicted molar refractivity (Wildman–Crippen MR) is 65.5 cm³/mol. The molecule has 2 rings (SSSR count). The number of hydrogen-bond donors (Lipinski definition) is 1. The molecule has 0 aliphatic heterocycles. The van der Waals surface area contributed by atoms with Crippen molar-refractivity contribution in [3.05, 3.63) is 41.7 Å². The van der Waals surface area contributed by atoms with Gasteiger partial charge in [-0.15, -0.1) is 0 Å². The van der Waals surface area contributed by atoms with Crippen LogP contribution in [0.15, 0.2) is 40.6 Å². The number of rotatable bonds is 3. The second-order valence-corrected chi connectivity index (χ2v) is 4.75. The molecule has 1 N–H and O–H groups in total. The lowest BCUT2D eigenvalue weighted by Crippen LogP contribution is -1.99. The summed E-state index contributed by atoms with van der Waals surface area (Å²) in [6.07, 6.45) is 3.57. The van der Waals surface area contributed by atoms with Gasteiger partial charge in [-0.1, -0.05) is 17.8 Å². The van der Waals surface area contributed by atoms with Gasteiger partial charge in [0.2, 0.25) is 0 Å². The maximum atomic E-state index is 11.0. The zero-order valence-corrected chi connectivity index (χ0v) is 10.4. The average molecular weight is 248 g/mol. The van der Waals surface area contributed by atoms with Gasteiger partial charge in [0, 0.05) is 24.3 Å². The van der Waals surface area contributed by atoms with E-state index in [1.54, 1.807) is 19.2 Å². The highest BCUT2D eigenvalue weighted by Crippen LogP contribution is 2.27. The molecule has 0 spiro atoms. The standard InChI is InChI=1S/C12H12N2O2S/c1-8-3-4-9(7-10(8)11(15)16)17-12-13-5-6-14(12)2/h3-7H,1-2H3,(H,15,16). The fraction of sp³-hybridized carbons (Fsp3) is 0.167. The van der Waals surface area contributed by atoms with Crippen LogP contribution in [0.4, 0.5) is 0 Å². The van der Waals surface area contributed by atoms with Gasteiger partial charge in [0.25, 0.3) is 0 Å². The molecule has 0 saturated carbocycles. The van der Waals surface area contributed by atoms with Gasteiger partial charge < -0.3 is 9.67 Å². The van der Waals surface area contributed by atoms with Crippen LogP contribution in [0.2, 0.25) is 0 Å². The van der Waals surface area contributed by atoms with Crippen molar-refractivity contribution in [1.82, 2.24) is 9.55 Å². The molecule has 0 radical (unpaired) electrons. The number of aryl methyl sites for hydroxylation is 2. The van der Waals surface area contributed by atoms with Crippen LogP contribution in [0.3, 0.4) is 0 Å². The molecule has 1 heterocycles. The first-order valence-electron chi connectivity index (χ1n) is 5.07. The Hall–Kier alpha value is -1.75. The number of carboxylic acids is 1. The molecule has 2 aromatic rings. The van der Waals surface area contributed by atoms with Crippen LogP contribution in [0, 0.1) is 6.92 Å². The summed E-state index contributed by atoms with van der Waals surface area (Å²) in [4.78, 5) is 16.1. The van der Waals surface area contributed by atoms with Crippen molar-refractivity contribution in [2.24, 2.45) is 7.05 Å². The van der Waals surface area contributed by atoms with Gasteiger partial charge in [0.15, 0.2) is 5.16 Å². The molecule has 4 nitrogen and oxygen atoms in total. The van der Waals surface area contributed by atoms with Crippen molar-refractivity contribution in [1.29, 1.82) is 0 Å². The third kappa shape index (κ3) is 2.50. The zero-order chi connectivity index (χ0) is 12.4. The number of nitrogens with zero attached hydrogens (tertiary/aromatic N) is 2. The molecule has 0 atom stereocenters. The van der Waals surface area contributed by atoms with Crippen molar-refractivity contribution in [3.8, 4) is 0 Å². The number of benzene rings is 1. The number of aromatic nitrogens is 2. The third-order valence-electron chi connectivity index (χ3n) is 2.43. The first kappa shape index (κ1) is 11.7. The molecule has 0 saturated heterocycles. The summed E-state index contributed by atoms with van der Waals surface area (Å²) in [5, 5.41) is 9.88. The summed E-state index contributed by atoms with van der Waals surface area (Å²) < 4.78 is 1.89. The lowest BCUT2D eigenvalue weighted by atomic mass is 10.1. The number of hydrogen-bond acceptors (Lipinski definition) is 3. The van der Waals surface area contributed by atoms with Crippen molar-refractivity contribution >= 4 is 17.7 Å². The van der Waals surface area contributed by atoms with E-state index in [1.807, 2.05) is 29.9 Å². The highest BCUT2D eigenvalue weighted by atomic mass is 32.2. The molecule has 0 amide bonds. The molecule has 0 bridgehead atoms. The minimum absolute atomic E-state index is 0.337. The molecular weight excluding hydrogens is 236 g/mol. The summed E-state index contributed by atoms with van der Waals surface area (Å²) in [6, 6.07) is 5.40. The highest BCUT2D eigenvalue weighted by Gasteiger charge is 2.09. The molecule has 0 aliphatic rings. The van der Waals surface area contributed by atoms with E-state index in [2.05, 4.69) is 4.98 Å². The van der Waals surface area contributed by atoms with E-state index in [9.17, 15) is 4.79 Å². The molecule has 5 heteroatoms. The van der Waals surface area contributed by atoms with E-state index < -0.39 is 5.97 Å². The van der Waals surface area contributed by atoms with Gasteiger partial charge in [-0.3, -0.25) is 0 Å². The Morgan fingerprint density at radius 2 is 2.24 bits per heavy atom. The number of carbonyl (C=O) groups is 1. The third-order valence-corrected chi connectivity index (χ3v) is 3.49. The van der Waals surface area contributed by atoms with Crippen LogP contribution in [0.25, 0.3) is 0 Å². The van der Waals surface area contributed by atoms with Gasteiger partial charge in [-0.2, -0.15) is 0 Å². The van der Waals surface area contributed by atoms with Gasteiger partial charge in [0.1, 0.15) is 0 Å². The fourth-order valence-electron chi connectivity index (χ4n) is 1.45. The summed E-state index contributed by atoms with van der Waals surface area (Å²) in [6.45, 7) is 1.79. The Labute approximate surface area is 103 Å². The normalized spacial score (nSPS) is 10.5. The van der Waals surface area contributed by atoms with Crippen LogP contribution in [0.5, 0.6) is 0 Å². The monoisotopic (exact) mass is 248 g/mol. The Morgan fingerprint density at radius 1 is 1.47 bits per heavy atom. The molecule has 0 fully saturated rings. The largest absolute Gasteiger partial charge is 0.478 e. The summed E-state index contributed by atoms with van der Waals surface area (Å²) >= 11 is 1.45. The molecule has 1 aromatic heterocycles. The Bertz CT molecular complexity index is 563. The van der Waals surface area contributed by atoms with Crippen LogP contribution in [0.1, 0.15) is 15.9 Å². The van der Waals surface area contributed by atoms with Crippen LogP contribution >= 0.6 is 11.8 Å². The molecule has 0 aliphatic carbocycles. The van der Waals surface area contributed by atoms with Gasteiger partial charge in [-0.25, -0.2) is 9.78 Å². The Balaban J connectivity index is 2.32. The maximum absolute atomic E-state index is 11.0. The van der Waals surface area contributed by atoms with Crippen molar-refractivity contribution in [2.75, 3.05) is 0 Å². The van der Waals surface area contributed by atoms with Gasteiger partial charge >= 0.3 is 5.97 Å². The molecular formula is C12H12N2O2S. The lowest BCUT2D eigenvalue weighted by Gasteiger charge is -2.05.